The van der Waals surface area contributed by atoms with Crippen molar-refractivity contribution in [1.29, 1.82) is 0 Å². The number of piperidine rings is 1. The van der Waals surface area contributed by atoms with E-state index in [-0.39, 0.29) is 11.9 Å². The molecule has 1 fully saturated rings. The molecule has 0 aliphatic carbocycles. The summed E-state index contributed by atoms with van der Waals surface area (Å²) < 4.78 is 0. The van der Waals surface area contributed by atoms with Crippen molar-refractivity contribution in [3.63, 3.8) is 0 Å². The Morgan fingerprint density at radius 2 is 2.33 bits per heavy atom. The molecule has 2 rings (SSSR count). The normalized spacial score (nSPS) is 20.8. The number of carbonyl (C=O) groups excluding carboxylic acids is 1. The van der Waals surface area contributed by atoms with Crippen LogP contribution < -0.4 is 11.5 Å². The van der Waals surface area contributed by atoms with E-state index in [0.29, 0.717) is 13.1 Å². The summed E-state index contributed by atoms with van der Waals surface area (Å²) in [4.78, 5) is 17.9. The third-order valence-electron chi connectivity index (χ3n) is 3.49. The Morgan fingerprint density at radius 3 is 3.06 bits per heavy atom. The number of rotatable bonds is 4. The van der Waals surface area contributed by atoms with Crippen LogP contribution >= 0.6 is 0 Å². The number of carbonyl (C=O) groups is 1. The minimum atomic E-state index is -0.229. The van der Waals surface area contributed by atoms with Crippen LogP contribution in [0, 0.1) is 0 Å². The Bertz CT molecular complexity index is 421. The molecule has 0 saturated carbocycles. The van der Waals surface area contributed by atoms with E-state index in [0.717, 1.165) is 37.1 Å². The van der Waals surface area contributed by atoms with Crippen LogP contribution in [0.3, 0.4) is 0 Å². The highest BCUT2D eigenvalue weighted by molar-refractivity contribution is 5.79. The third-order valence-corrected chi connectivity index (χ3v) is 3.49. The molecule has 1 aliphatic rings. The predicted octanol–water partition coefficient (Wildman–Crippen LogP) is 0.380. The van der Waals surface area contributed by atoms with Crippen molar-refractivity contribution >= 4 is 5.91 Å². The van der Waals surface area contributed by atoms with Crippen molar-refractivity contribution in [3.05, 3.63) is 29.6 Å². The molecule has 0 radical (unpaired) electrons. The molecule has 1 saturated heterocycles. The number of nitrogens with two attached hydrogens (primary N) is 2. The molecule has 1 atom stereocenters. The Morgan fingerprint density at radius 1 is 1.50 bits per heavy atom. The van der Waals surface area contributed by atoms with Crippen LogP contribution in [-0.2, 0) is 17.9 Å². The van der Waals surface area contributed by atoms with Gasteiger partial charge in [0, 0.05) is 19.3 Å². The first kappa shape index (κ1) is 13.0. The SMILES string of the molecule is NCc1ncccc1CN1CCCCC1C(N)=O. The first-order chi connectivity index (χ1) is 8.72. The minimum Gasteiger partial charge on any atom is -0.368 e. The molecule has 5 nitrogen and oxygen atoms in total. The van der Waals surface area contributed by atoms with Crippen molar-refractivity contribution in [2.45, 2.75) is 38.4 Å². The molecular weight excluding hydrogens is 228 g/mol. The molecule has 5 heteroatoms. The summed E-state index contributed by atoms with van der Waals surface area (Å²) in [5, 5.41) is 0. The summed E-state index contributed by atoms with van der Waals surface area (Å²) in [6, 6.07) is 3.77. The molecule has 1 amide bonds. The molecule has 18 heavy (non-hydrogen) atoms. The quantitative estimate of drug-likeness (QED) is 0.806. The fourth-order valence-corrected chi connectivity index (χ4v) is 2.52. The molecule has 0 aromatic carbocycles. The van der Waals surface area contributed by atoms with Gasteiger partial charge >= 0.3 is 0 Å². The van der Waals surface area contributed by atoms with Gasteiger partial charge in [0.1, 0.15) is 0 Å². The van der Waals surface area contributed by atoms with E-state index in [1.54, 1.807) is 6.20 Å². The largest absolute Gasteiger partial charge is 0.368 e. The average Bonchev–Trinajstić information content (AvgIpc) is 2.40. The molecule has 1 unspecified atom stereocenters. The van der Waals surface area contributed by atoms with E-state index in [4.69, 9.17) is 11.5 Å². The fraction of sp³-hybridized carbons (Fsp3) is 0.538. The molecule has 1 aromatic heterocycles. The maximum absolute atomic E-state index is 11.4. The lowest BCUT2D eigenvalue weighted by Crippen LogP contribution is -2.47. The highest BCUT2D eigenvalue weighted by Gasteiger charge is 2.27. The van der Waals surface area contributed by atoms with Gasteiger partial charge in [0.2, 0.25) is 5.91 Å². The topological polar surface area (TPSA) is 85.2 Å². The van der Waals surface area contributed by atoms with Crippen LogP contribution in [0.1, 0.15) is 30.5 Å². The van der Waals surface area contributed by atoms with Crippen molar-refractivity contribution < 1.29 is 4.79 Å². The molecule has 1 aromatic rings. The van der Waals surface area contributed by atoms with Gasteiger partial charge in [-0.25, -0.2) is 0 Å². The van der Waals surface area contributed by atoms with Crippen LogP contribution in [0.25, 0.3) is 0 Å². The molecule has 0 bridgehead atoms. The van der Waals surface area contributed by atoms with E-state index in [9.17, 15) is 4.79 Å². The number of hydrogen-bond donors (Lipinski definition) is 2. The molecule has 1 aliphatic heterocycles. The van der Waals surface area contributed by atoms with Crippen molar-refractivity contribution in [3.8, 4) is 0 Å². The fourth-order valence-electron chi connectivity index (χ4n) is 2.52. The zero-order chi connectivity index (χ0) is 13.0. The van der Waals surface area contributed by atoms with Gasteiger partial charge in [0.15, 0.2) is 0 Å². The van der Waals surface area contributed by atoms with Gasteiger partial charge in [0.05, 0.1) is 11.7 Å². The van der Waals surface area contributed by atoms with Crippen molar-refractivity contribution in [1.82, 2.24) is 9.88 Å². The second-order valence-corrected chi connectivity index (χ2v) is 4.70. The number of pyridine rings is 1. The lowest BCUT2D eigenvalue weighted by molar-refractivity contribution is -0.124. The summed E-state index contributed by atoms with van der Waals surface area (Å²) >= 11 is 0. The van der Waals surface area contributed by atoms with E-state index in [2.05, 4.69) is 9.88 Å². The molecule has 2 heterocycles. The standard InChI is InChI=1S/C13H20N4O/c14-8-11-10(4-3-6-16-11)9-17-7-2-1-5-12(17)13(15)18/h3-4,6,12H,1-2,5,7-9,14H2,(H2,15,18). The molecule has 4 N–H and O–H groups in total. The number of amides is 1. The lowest BCUT2D eigenvalue weighted by Gasteiger charge is -2.33. The smallest absolute Gasteiger partial charge is 0.234 e. The summed E-state index contributed by atoms with van der Waals surface area (Å²) in [6.45, 7) is 2.03. The first-order valence-corrected chi connectivity index (χ1v) is 6.38. The van der Waals surface area contributed by atoms with Crippen LogP contribution in [0.5, 0.6) is 0 Å². The average molecular weight is 248 g/mol. The first-order valence-electron chi connectivity index (χ1n) is 6.38. The lowest BCUT2D eigenvalue weighted by atomic mass is 10.0. The summed E-state index contributed by atoms with van der Waals surface area (Å²) in [5.74, 6) is -0.229. The summed E-state index contributed by atoms with van der Waals surface area (Å²) in [7, 11) is 0. The van der Waals surface area contributed by atoms with Crippen molar-refractivity contribution in [2.75, 3.05) is 6.54 Å². The van der Waals surface area contributed by atoms with Gasteiger partial charge < -0.3 is 11.5 Å². The van der Waals surface area contributed by atoms with Crippen LogP contribution in [0.4, 0.5) is 0 Å². The van der Waals surface area contributed by atoms with Crippen LogP contribution in [0.15, 0.2) is 18.3 Å². The minimum absolute atomic E-state index is 0.149. The monoisotopic (exact) mass is 248 g/mol. The number of hydrogen-bond acceptors (Lipinski definition) is 4. The second kappa shape index (κ2) is 5.93. The Kier molecular flexibility index (Phi) is 4.28. The van der Waals surface area contributed by atoms with E-state index in [1.807, 2.05) is 12.1 Å². The highest BCUT2D eigenvalue weighted by Crippen LogP contribution is 2.20. The Balaban J connectivity index is 2.13. The molecular formula is C13H20N4O. The second-order valence-electron chi connectivity index (χ2n) is 4.70. The number of likely N-dealkylation sites (tertiary alicyclic amines) is 1. The maximum Gasteiger partial charge on any atom is 0.234 e. The van der Waals surface area contributed by atoms with Gasteiger partial charge in [-0.2, -0.15) is 0 Å². The molecule has 0 spiro atoms. The number of nitrogens with zero attached hydrogens (tertiary/aromatic N) is 2. The number of aromatic nitrogens is 1. The van der Waals surface area contributed by atoms with Gasteiger partial charge in [-0.15, -0.1) is 0 Å². The molecule has 98 valence electrons. The Labute approximate surface area is 107 Å². The van der Waals surface area contributed by atoms with E-state index < -0.39 is 0 Å². The van der Waals surface area contributed by atoms with Gasteiger partial charge in [-0.3, -0.25) is 14.7 Å². The van der Waals surface area contributed by atoms with Crippen LogP contribution in [0.2, 0.25) is 0 Å². The third kappa shape index (κ3) is 2.86. The zero-order valence-corrected chi connectivity index (χ0v) is 10.5. The zero-order valence-electron chi connectivity index (χ0n) is 10.5. The maximum atomic E-state index is 11.4. The predicted molar refractivity (Wildman–Crippen MR) is 69.4 cm³/mol. The van der Waals surface area contributed by atoms with Gasteiger partial charge in [-0.1, -0.05) is 12.5 Å². The van der Waals surface area contributed by atoms with Crippen molar-refractivity contribution in [2.24, 2.45) is 11.5 Å². The Hall–Kier alpha value is -1.46. The number of primary amides is 1. The summed E-state index contributed by atoms with van der Waals surface area (Å²) in [6.07, 6.45) is 4.78. The summed E-state index contributed by atoms with van der Waals surface area (Å²) in [5.41, 5.74) is 13.1. The highest BCUT2D eigenvalue weighted by atomic mass is 16.1. The van der Waals surface area contributed by atoms with Gasteiger partial charge in [0.25, 0.3) is 0 Å². The van der Waals surface area contributed by atoms with E-state index in [1.165, 1.54) is 0 Å². The van der Waals surface area contributed by atoms with Gasteiger partial charge in [-0.05, 0) is 31.0 Å². The van der Waals surface area contributed by atoms with E-state index >= 15 is 0 Å². The van der Waals surface area contributed by atoms with Crippen LogP contribution in [-0.4, -0.2) is 28.4 Å².